The summed E-state index contributed by atoms with van der Waals surface area (Å²) < 4.78 is 10.1. The Bertz CT molecular complexity index is 5960. The van der Waals surface area contributed by atoms with Crippen molar-refractivity contribution in [2.24, 2.45) is 0 Å². The summed E-state index contributed by atoms with van der Waals surface area (Å²) in [6, 6.07) is 150. The number of para-hydroxylation sites is 4. The minimum atomic E-state index is -2.90. The summed E-state index contributed by atoms with van der Waals surface area (Å²) in [6.07, 6.45) is 0. The van der Waals surface area contributed by atoms with E-state index in [1.54, 1.807) is 0 Å². The molecule has 16 aromatic carbocycles. The van der Waals surface area contributed by atoms with Gasteiger partial charge in [0.25, 0.3) is 0 Å². The van der Waals surface area contributed by atoms with Gasteiger partial charge in [-0.25, -0.2) is 0 Å². The number of benzene rings is 16. The van der Waals surface area contributed by atoms with Crippen LogP contribution in [0.5, 0.6) is 0 Å². The average Bonchev–Trinajstić information content (AvgIpc) is 1.50. The fourth-order valence-corrected chi connectivity index (χ4v) is 27.1. The van der Waals surface area contributed by atoms with Gasteiger partial charge >= 0.3 is 0 Å². The summed E-state index contributed by atoms with van der Waals surface area (Å²) in [5.41, 5.74) is 16.1. The van der Waals surface area contributed by atoms with Gasteiger partial charge in [0.1, 0.15) is 0 Å². The molecule has 0 saturated carbocycles. The first-order valence-electron chi connectivity index (χ1n) is 35.3. The predicted molar refractivity (Wildman–Crippen MR) is 436 cm³/mol. The van der Waals surface area contributed by atoms with Gasteiger partial charge in [-0.1, -0.05) is 315 Å². The van der Waals surface area contributed by atoms with Gasteiger partial charge in [0, 0.05) is 65.8 Å². The predicted octanol–water partition coefficient (Wildman–Crippen LogP) is 18.5. The van der Waals surface area contributed by atoms with Crippen LogP contribution in [0.25, 0.3) is 121 Å². The first kappa shape index (κ1) is 59.2. The molecule has 0 aliphatic rings. The molecule has 20 aromatic rings. The molecule has 0 atom stereocenters. The molecule has 4 nitrogen and oxygen atoms in total. The molecule has 478 valence electrons. The van der Waals surface area contributed by atoms with E-state index in [-0.39, 0.29) is 0 Å². The highest BCUT2D eigenvalue weighted by Crippen LogP contribution is 2.46. The molecular weight excluding hydrogens is 1270 g/mol. The maximum Gasteiger partial charge on any atom is 0.179 e. The van der Waals surface area contributed by atoms with Gasteiger partial charge in [-0.2, -0.15) is 0 Å². The van der Waals surface area contributed by atoms with E-state index in [4.69, 9.17) is 0 Å². The van der Waals surface area contributed by atoms with Crippen molar-refractivity contribution in [3.8, 4) is 33.9 Å². The maximum absolute atomic E-state index is 2.90. The van der Waals surface area contributed by atoms with Crippen LogP contribution >= 0.6 is 0 Å². The molecule has 0 spiro atoms. The van der Waals surface area contributed by atoms with Gasteiger partial charge < -0.3 is 18.3 Å². The number of aromatic nitrogens is 4. The van der Waals surface area contributed by atoms with E-state index in [1.165, 1.54) is 118 Å². The Morgan fingerprint density at radius 3 is 0.569 bits per heavy atom. The molecule has 20 rings (SSSR count). The van der Waals surface area contributed by atoms with E-state index < -0.39 is 16.1 Å². The number of nitrogens with zero attached hydrogens (tertiary/aromatic N) is 4. The lowest BCUT2D eigenvalue weighted by atomic mass is 10.00. The molecule has 0 aliphatic heterocycles. The van der Waals surface area contributed by atoms with E-state index in [2.05, 4.69) is 419 Å². The lowest BCUT2D eigenvalue weighted by molar-refractivity contribution is 1.15. The molecule has 0 aliphatic carbocycles. The molecule has 102 heavy (non-hydrogen) atoms. The average molecular weight is 1330 g/mol. The van der Waals surface area contributed by atoms with Crippen molar-refractivity contribution >= 4 is 145 Å². The van der Waals surface area contributed by atoms with Crippen LogP contribution in [-0.2, 0) is 0 Å². The van der Waals surface area contributed by atoms with Crippen LogP contribution in [0, 0.1) is 0 Å². The molecule has 4 heterocycles. The monoisotopic (exact) mass is 1330 g/mol. The van der Waals surface area contributed by atoms with Gasteiger partial charge in [-0.15, -0.1) is 0 Å². The Morgan fingerprint density at radius 2 is 0.343 bits per heavy atom. The quantitative estimate of drug-likeness (QED) is 0.0810. The third-order valence-electron chi connectivity index (χ3n) is 21.8. The second-order valence-electron chi connectivity index (χ2n) is 27.0. The summed E-state index contributed by atoms with van der Waals surface area (Å²) in [4.78, 5) is 0. The zero-order valence-electron chi connectivity index (χ0n) is 55.9. The van der Waals surface area contributed by atoms with Crippen molar-refractivity contribution in [3.63, 3.8) is 0 Å². The highest BCUT2D eigenvalue weighted by Gasteiger charge is 2.43. The van der Waals surface area contributed by atoms with Crippen molar-refractivity contribution in [2.75, 3.05) is 0 Å². The topological polar surface area (TPSA) is 19.7 Å². The number of hydrogen-bond donors (Lipinski definition) is 0. The minimum absolute atomic E-state index is 1.11. The smallest absolute Gasteiger partial charge is 0.179 e. The lowest BCUT2D eigenvalue weighted by Crippen LogP contribution is -2.74. The fourth-order valence-electron chi connectivity index (χ4n) is 17.5. The Balaban J connectivity index is 0.825. The van der Waals surface area contributed by atoms with Gasteiger partial charge in [0.05, 0.1) is 44.1 Å². The van der Waals surface area contributed by atoms with Crippen LogP contribution in [0.15, 0.2) is 400 Å². The molecule has 0 unspecified atom stereocenters. The van der Waals surface area contributed by atoms with Crippen molar-refractivity contribution in [2.45, 2.75) is 0 Å². The van der Waals surface area contributed by atoms with Gasteiger partial charge in [-0.3, -0.25) is 0 Å². The summed E-state index contributed by atoms with van der Waals surface area (Å²) in [6.45, 7) is 0. The highest BCUT2D eigenvalue weighted by atomic mass is 28.3. The third kappa shape index (κ3) is 8.93. The second-order valence-corrected chi connectivity index (χ2v) is 34.6. The largest absolute Gasteiger partial charge is 0.307 e. The summed E-state index contributed by atoms with van der Waals surface area (Å²) in [5.74, 6) is 0. The van der Waals surface area contributed by atoms with Crippen molar-refractivity contribution in [3.05, 3.63) is 400 Å². The van der Waals surface area contributed by atoms with Crippen molar-refractivity contribution in [1.29, 1.82) is 0 Å². The maximum atomic E-state index is 2.56. The number of rotatable bonds is 13. The lowest BCUT2D eigenvalue weighted by Gasteiger charge is -2.34. The molecule has 0 bridgehead atoms. The number of hydrogen-bond acceptors (Lipinski definition) is 0. The molecule has 0 N–H and O–H groups in total. The summed E-state index contributed by atoms with van der Waals surface area (Å²) in [7, 11) is -5.79. The Kier molecular flexibility index (Phi) is 13.9. The molecule has 6 heteroatoms. The minimum Gasteiger partial charge on any atom is -0.307 e. The normalized spacial score (nSPS) is 12.1. The Hall–Kier alpha value is -12.8. The van der Waals surface area contributed by atoms with Gasteiger partial charge in [0.2, 0.25) is 0 Å². The van der Waals surface area contributed by atoms with Crippen LogP contribution in [0.3, 0.4) is 0 Å². The SMILES string of the molecule is c1ccc(-n2c3ccc(-c4ccc5c(c4)c4ccc6c7cc([Si](c8ccccc8)(c8ccccc8)c8ccccc8)ccc7n(-c7ccccc7)c6c4n5-c4ccccc4)cc3c3ccc4c5cc([Si](c6ccccc6)(c6ccccc6)c6ccccc6)ccc5n(-c5ccccc5)c4c32)cc1. The van der Waals surface area contributed by atoms with E-state index in [0.29, 0.717) is 0 Å². The third-order valence-corrected chi connectivity index (χ3v) is 31.4. The zero-order chi connectivity index (χ0) is 67.3. The Labute approximate surface area is 593 Å². The fraction of sp³-hybridized carbons (Fsp3) is 0. The van der Waals surface area contributed by atoms with E-state index >= 15 is 0 Å². The molecule has 0 radical (unpaired) electrons. The second kappa shape index (κ2) is 24.0. The number of fused-ring (bicyclic) bond motifs is 14. The summed E-state index contributed by atoms with van der Waals surface area (Å²) in [5, 5.41) is 20.5. The summed E-state index contributed by atoms with van der Waals surface area (Å²) >= 11 is 0. The van der Waals surface area contributed by atoms with Crippen LogP contribution in [-0.4, -0.2) is 34.4 Å². The molecule has 0 amide bonds. The van der Waals surface area contributed by atoms with E-state index in [0.717, 1.165) is 44.9 Å². The molecule has 0 saturated heterocycles. The van der Waals surface area contributed by atoms with Crippen LogP contribution in [0.4, 0.5) is 0 Å². The molecule has 0 fully saturated rings. The highest BCUT2D eigenvalue weighted by molar-refractivity contribution is 7.20. The van der Waals surface area contributed by atoms with Gasteiger partial charge in [0.15, 0.2) is 16.1 Å². The molecule has 4 aromatic heterocycles. The van der Waals surface area contributed by atoms with Crippen molar-refractivity contribution in [1.82, 2.24) is 18.3 Å². The standard InChI is InChI=1S/C96H66N4Si2/c1-11-31-69(32-12-1)97-89-59-51-67(63-85(89)81-55-57-83-87-65-79(53-61-91(87)99(95(83)93(81)97)71-35-15-3-16-36-71)101(73-39-19-5-20-40-73,74-41-21-6-22-42-74)75-43-23-7-24-44-75)68-52-60-90-86(64-68)82-56-58-84-88-66-80(102(76-45-25-8-26-46-76,77-47-27-9-28-48-77)78-49-29-10-30-50-78)54-62-92(88)100(72-37-17-4-18-38-72)96(84)94(82)98(90)70-33-13-2-14-34-70/h1-66H. The van der Waals surface area contributed by atoms with E-state index in [1.807, 2.05) is 0 Å². The van der Waals surface area contributed by atoms with Crippen molar-refractivity contribution < 1.29 is 0 Å². The van der Waals surface area contributed by atoms with Crippen LogP contribution < -0.4 is 41.5 Å². The van der Waals surface area contributed by atoms with Gasteiger partial charge in [-0.05, 0) is 138 Å². The van der Waals surface area contributed by atoms with E-state index in [9.17, 15) is 0 Å². The Morgan fingerprint density at radius 1 is 0.147 bits per heavy atom. The van der Waals surface area contributed by atoms with Crippen LogP contribution in [0.2, 0.25) is 0 Å². The van der Waals surface area contributed by atoms with Crippen LogP contribution in [0.1, 0.15) is 0 Å². The first-order chi connectivity index (χ1) is 50.6. The zero-order valence-corrected chi connectivity index (χ0v) is 57.9. The first-order valence-corrected chi connectivity index (χ1v) is 39.3. The molecular formula is C96H66N4Si2.